The Hall–Kier alpha value is -4.51. The number of fused-ring (bicyclic) bond motifs is 2. The van der Waals surface area contributed by atoms with Gasteiger partial charge in [0, 0.05) is 11.6 Å². The number of benzene rings is 2. The van der Waals surface area contributed by atoms with Gasteiger partial charge in [-0.05, 0) is 50.4 Å². The maximum absolute atomic E-state index is 14.5. The Kier molecular flexibility index (Phi) is 9.82. The summed E-state index contributed by atoms with van der Waals surface area (Å²) in [5.41, 5.74) is 2.66. The van der Waals surface area contributed by atoms with Crippen molar-refractivity contribution in [1.82, 2.24) is 14.7 Å². The highest BCUT2D eigenvalue weighted by atomic mass is 31.2. The number of hydrogen-bond acceptors (Lipinski definition) is 12. The molecule has 0 spiro atoms. The largest absolute Gasteiger partial charge is 0.465 e. The summed E-state index contributed by atoms with van der Waals surface area (Å²) in [5, 5.41) is 31.1. The number of nitrogens with zero attached hydrogens (tertiary/aromatic N) is 3. The molecule has 4 N–H and O–H groups in total. The summed E-state index contributed by atoms with van der Waals surface area (Å²) < 4.78 is 44.9. The molecule has 2 aromatic carbocycles. The SMILES string of the molecule is CCOC(=O)[C@H](C)N[P@](=O)(OC[C@H]1O[C@@](C#N)(c2ccc3c(N)ccnn23)[C@](C)(O)[C@@H]1OC(=O)C(C)C)Oc1cccc2ccccc12. The fourth-order valence-electron chi connectivity index (χ4n) is 5.59. The third kappa shape index (κ3) is 6.35. The molecule has 2 aromatic heterocycles. The number of carbonyl (C=O) groups excluding carboxylic acids is 2. The van der Waals surface area contributed by atoms with Crippen LogP contribution in [0.3, 0.4) is 0 Å². The van der Waals surface area contributed by atoms with Gasteiger partial charge in [-0.25, -0.2) is 9.08 Å². The number of nitrogens with one attached hydrogen (secondary N) is 1. The third-order valence-corrected chi connectivity index (χ3v) is 9.75. The maximum Gasteiger partial charge on any atom is 0.459 e. The van der Waals surface area contributed by atoms with E-state index in [0.29, 0.717) is 16.6 Å². The molecule has 5 rings (SSSR count). The summed E-state index contributed by atoms with van der Waals surface area (Å²) in [6.07, 6.45) is -1.46. The monoisotopic (exact) mass is 679 g/mol. The molecule has 6 atom stereocenters. The number of rotatable bonds is 12. The molecule has 0 bridgehead atoms. The fourth-order valence-corrected chi connectivity index (χ4v) is 7.11. The van der Waals surface area contributed by atoms with E-state index in [4.69, 9.17) is 29.0 Å². The van der Waals surface area contributed by atoms with Crippen LogP contribution in [0.2, 0.25) is 0 Å². The molecule has 0 amide bonds. The number of nitrogens with two attached hydrogens (primary N) is 1. The summed E-state index contributed by atoms with van der Waals surface area (Å²) in [5.74, 6) is -1.81. The number of anilines is 1. The lowest BCUT2D eigenvalue weighted by Crippen LogP contribution is -2.54. The highest BCUT2D eigenvalue weighted by Gasteiger charge is 2.67. The summed E-state index contributed by atoms with van der Waals surface area (Å²) in [6.45, 7) is 7.04. The molecule has 1 saturated heterocycles. The summed E-state index contributed by atoms with van der Waals surface area (Å²) in [6, 6.07) is 18.0. The molecule has 254 valence electrons. The molecule has 14 nitrogen and oxygen atoms in total. The Bertz CT molecular complexity index is 1920. The van der Waals surface area contributed by atoms with E-state index in [0.717, 1.165) is 5.39 Å². The molecular formula is C33H38N5O9P. The van der Waals surface area contributed by atoms with Crippen molar-refractivity contribution in [3.63, 3.8) is 0 Å². The van der Waals surface area contributed by atoms with Crippen LogP contribution >= 0.6 is 7.75 Å². The first kappa shape index (κ1) is 34.8. The minimum absolute atomic E-state index is 0.0826. The molecule has 0 aliphatic carbocycles. The Labute approximate surface area is 277 Å². The maximum atomic E-state index is 14.5. The van der Waals surface area contributed by atoms with Crippen molar-refractivity contribution in [3.8, 4) is 11.8 Å². The van der Waals surface area contributed by atoms with E-state index in [2.05, 4.69) is 16.3 Å². The number of hydrogen-bond donors (Lipinski definition) is 3. The number of carbonyl (C=O) groups is 2. The van der Waals surface area contributed by atoms with Gasteiger partial charge in [0.25, 0.3) is 0 Å². The van der Waals surface area contributed by atoms with Crippen molar-refractivity contribution in [1.29, 1.82) is 5.26 Å². The van der Waals surface area contributed by atoms with E-state index in [-0.39, 0.29) is 18.1 Å². The second-order valence-electron chi connectivity index (χ2n) is 11.9. The molecule has 48 heavy (non-hydrogen) atoms. The van der Waals surface area contributed by atoms with Gasteiger partial charge < -0.3 is 29.6 Å². The molecule has 4 aromatic rings. The topological polar surface area (TPSA) is 197 Å². The number of aliphatic hydroxyl groups is 1. The van der Waals surface area contributed by atoms with Crippen molar-refractivity contribution >= 4 is 41.7 Å². The van der Waals surface area contributed by atoms with Crippen molar-refractivity contribution in [3.05, 3.63) is 72.6 Å². The Balaban J connectivity index is 1.54. The van der Waals surface area contributed by atoms with Crippen LogP contribution in [-0.4, -0.2) is 63.7 Å². The van der Waals surface area contributed by atoms with Crippen LogP contribution in [0.1, 0.15) is 40.3 Å². The Morgan fingerprint density at radius 1 is 1.15 bits per heavy atom. The first-order valence-electron chi connectivity index (χ1n) is 15.4. The minimum Gasteiger partial charge on any atom is -0.465 e. The van der Waals surface area contributed by atoms with Crippen LogP contribution in [0.15, 0.2) is 66.9 Å². The second kappa shape index (κ2) is 13.5. The average Bonchev–Trinajstić information content (AvgIpc) is 3.58. The highest BCUT2D eigenvalue weighted by Crippen LogP contribution is 2.52. The smallest absolute Gasteiger partial charge is 0.459 e. The molecule has 3 heterocycles. The van der Waals surface area contributed by atoms with E-state index in [9.17, 15) is 24.5 Å². The Morgan fingerprint density at radius 2 is 1.88 bits per heavy atom. The molecule has 1 aliphatic rings. The first-order chi connectivity index (χ1) is 22.8. The quantitative estimate of drug-likeness (QED) is 0.142. The van der Waals surface area contributed by atoms with Crippen LogP contribution in [0, 0.1) is 17.2 Å². The third-order valence-electron chi connectivity index (χ3n) is 8.12. The van der Waals surface area contributed by atoms with Crippen molar-refractivity contribution < 1.29 is 42.5 Å². The van der Waals surface area contributed by atoms with Gasteiger partial charge in [0.1, 0.15) is 29.6 Å². The van der Waals surface area contributed by atoms with Crippen LogP contribution < -0.4 is 15.3 Å². The minimum atomic E-state index is -4.48. The second-order valence-corrected chi connectivity index (χ2v) is 13.6. The molecule has 0 saturated carbocycles. The first-order valence-corrected chi connectivity index (χ1v) is 16.9. The van der Waals surface area contributed by atoms with Gasteiger partial charge in [0.15, 0.2) is 6.10 Å². The Morgan fingerprint density at radius 3 is 2.58 bits per heavy atom. The zero-order valence-corrected chi connectivity index (χ0v) is 28.0. The number of esters is 2. The van der Waals surface area contributed by atoms with Gasteiger partial charge in [-0.2, -0.15) is 15.4 Å². The molecule has 1 aliphatic heterocycles. The number of aromatic nitrogens is 2. The molecular weight excluding hydrogens is 641 g/mol. The van der Waals surface area contributed by atoms with Gasteiger partial charge in [0.05, 0.1) is 36.0 Å². The zero-order chi connectivity index (χ0) is 34.9. The van der Waals surface area contributed by atoms with Gasteiger partial charge in [-0.1, -0.05) is 50.2 Å². The van der Waals surface area contributed by atoms with E-state index in [1.807, 2.05) is 18.2 Å². The van der Waals surface area contributed by atoms with Crippen molar-refractivity contribution in [2.75, 3.05) is 18.9 Å². The van der Waals surface area contributed by atoms with E-state index in [1.165, 1.54) is 30.6 Å². The van der Waals surface area contributed by atoms with E-state index in [1.54, 1.807) is 57.2 Å². The number of nitriles is 1. The molecule has 1 fully saturated rings. The lowest BCUT2D eigenvalue weighted by molar-refractivity contribution is -0.168. The van der Waals surface area contributed by atoms with Gasteiger partial charge in [-0.15, -0.1) is 0 Å². The summed E-state index contributed by atoms with van der Waals surface area (Å²) >= 11 is 0. The van der Waals surface area contributed by atoms with Gasteiger partial charge in [0.2, 0.25) is 5.60 Å². The average molecular weight is 680 g/mol. The van der Waals surface area contributed by atoms with Crippen LogP contribution in [0.25, 0.3) is 16.3 Å². The summed E-state index contributed by atoms with van der Waals surface area (Å²) in [7, 11) is -4.48. The number of nitrogen functional groups attached to an aromatic ring is 1. The lowest BCUT2D eigenvalue weighted by Gasteiger charge is -2.34. The van der Waals surface area contributed by atoms with Gasteiger partial charge in [-0.3, -0.25) is 14.1 Å². The molecule has 0 unspecified atom stereocenters. The standard InChI is InChI=1S/C33H38N5O9P/c1-6-43-31(40)21(4)37-48(42,47-26-13-9-11-22-10-7-8-12-23(22)26)44-18-27-29(45-30(39)20(2)3)32(5,41)33(19-34,46-27)28-15-14-25-24(35)16-17-36-38(25)28/h7-17,20-21,27,29,41H,6,18,35H2,1-5H3,(H,37,42)/t21-,27+,29+,32+,33-,48-/m0/s1. The predicted octanol–water partition coefficient (Wildman–Crippen LogP) is 4.25. The van der Waals surface area contributed by atoms with E-state index < -0.39 is 61.7 Å². The van der Waals surface area contributed by atoms with Crippen LogP contribution in [-0.2, 0) is 38.5 Å². The summed E-state index contributed by atoms with van der Waals surface area (Å²) in [4.78, 5) is 25.5. The predicted molar refractivity (Wildman–Crippen MR) is 174 cm³/mol. The normalized spacial score (nSPS) is 24.2. The van der Waals surface area contributed by atoms with Crippen molar-refractivity contribution in [2.45, 2.75) is 64.1 Å². The van der Waals surface area contributed by atoms with Gasteiger partial charge >= 0.3 is 19.7 Å². The number of ether oxygens (including phenoxy) is 3. The fraction of sp³-hybridized carbons (Fsp3) is 0.394. The van der Waals surface area contributed by atoms with Crippen molar-refractivity contribution in [2.24, 2.45) is 5.92 Å². The van der Waals surface area contributed by atoms with E-state index >= 15 is 0 Å². The molecule has 15 heteroatoms. The van der Waals surface area contributed by atoms with Crippen LogP contribution in [0.4, 0.5) is 5.69 Å². The molecule has 0 radical (unpaired) electrons. The zero-order valence-electron chi connectivity index (χ0n) is 27.2. The highest BCUT2D eigenvalue weighted by molar-refractivity contribution is 7.52. The lowest BCUT2D eigenvalue weighted by atomic mass is 9.80. The van der Waals surface area contributed by atoms with Crippen LogP contribution in [0.5, 0.6) is 5.75 Å².